The van der Waals surface area contributed by atoms with E-state index in [1.54, 1.807) is 12.1 Å². The third-order valence-corrected chi connectivity index (χ3v) is 8.54. The van der Waals surface area contributed by atoms with Gasteiger partial charge in [0.2, 0.25) is 5.82 Å². The van der Waals surface area contributed by atoms with E-state index in [-0.39, 0.29) is 23.0 Å². The van der Waals surface area contributed by atoms with Gasteiger partial charge in [-0.15, -0.1) is 6.58 Å². The average molecular weight is 473 g/mol. The van der Waals surface area contributed by atoms with Crippen molar-refractivity contribution in [1.29, 1.82) is 0 Å². The number of benzene rings is 1. The SMILES string of the molecule is C=CC1CCC(COc2cc3c(c(F)c2F)C2C(F)=C(OCC4CCC(C)CC4)C=CC32)CC1. The van der Waals surface area contributed by atoms with E-state index in [1.807, 2.05) is 12.2 Å². The van der Waals surface area contributed by atoms with Crippen LogP contribution in [0.2, 0.25) is 0 Å². The molecule has 184 valence electrons. The van der Waals surface area contributed by atoms with E-state index in [0.29, 0.717) is 36.5 Å². The first-order valence-corrected chi connectivity index (χ1v) is 12.9. The fourth-order valence-electron chi connectivity index (χ4n) is 6.14. The van der Waals surface area contributed by atoms with Crippen molar-refractivity contribution in [2.45, 2.75) is 70.1 Å². The van der Waals surface area contributed by atoms with Gasteiger partial charge in [-0.1, -0.05) is 31.9 Å². The molecule has 5 heteroatoms. The van der Waals surface area contributed by atoms with E-state index in [9.17, 15) is 4.39 Å². The summed E-state index contributed by atoms with van der Waals surface area (Å²) in [6, 6.07) is 1.57. The molecular weight excluding hydrogens is 437 g/mol. The van der Waals surface area contributed by atoms with Gasteiger partial charge in [-0.25, -0.2) is 8.78 Å². The van der Waals surface area contributed by atoms with Gasteiger partial charge >= 0.3 is 0 Å². The van der Waals surface area contributed by atoms with E-state index < -0.39 is 23.4 Å². The molecular formula is C29H35F3O2. The third kappa shape index (κ3) is 4.43. The van der Waals surface area contributed by atoms with Gasteiger partial charge < -0.3 is 9.47 Å². The molecule has 0 spiro atoms. The summed E-state index contributed by atoms with van der Waals surface area (Å²) in [4.78, 5) is 0. The molecule has 0 aromatic heterocycles. The van der Waals surface area contributed by atoms with Crippen molar-refractivity contribution in [2.75, 3.05) is 13.2 Å². The lowest BCUT2D eigenvalue weighted by Crippen LogP contribution is -2.29. The molecule has 0 aliphatic heterocycles. The maximum absolute atomic E-state index is 15.3. The molecule has 0 bridgehead atoms. The fourth-order valence-corrected chi connectivity index (χ4v) is 6.14. The van der Waals surface area contributed by atoms with E-state index in [1.165, 1.54) is 12.8 Å². The van der Waals surface area contributed by atoms with Crippen molar-refractivity contribution >= 4 is 0 Å². The number of ether oxygens (including phenoxy) is 2. The monoisotopic (exact) mass is 472 g/mol. The molecule has 0 amide bonds. The normalized spacial score (nSPS) is 32.5. The summed E-state index contributed by atoms with van der Waals surface area (Å²) < 4.78 is 56.7. The van der Waals surface area contributed by atoms with Crippen LogP contribution < -0.4 is 4.74 Å². The Morgan fingerprint density at radius 1 is 0.912 bits per heavy atom. The summed E-state index contributed by atoms with van der Waals surface area (Å²) in [5, 5.41) is 0. The van der Waals surface area contributed by atoms with Gasteiger partial charge in [-0.05, 0) is 79.9 Å². The zero-order chi connectivity index (χ0) is 23.8. The molecule has 2 atom stereocenters. The van der Waals surface area contributed by atoms with Crippen LogP contribution in [0.15, 0.2) is 42.5 Å². The fraction of sp³-hybridized carbons (Fsp3) is 0.586. The van der Waals surface area contributed by atoms with Gasteiger partial charge in [0.05, 0.1) is 19.1 Å². The summed E-state index contributed by atoms with van der Waals surface area (Å²) in [5.74, 6) is -1.46. The van der Waals surface area contributed by atoms with Crippen molar-refractivity contribution in [3.05, 3.63) is 65.2 Å². The summed E-state index contributed by atoms with van der Waals surface area (Å²) in [6.07, 6.45) is 14.2. The lowest BCUT2D eigenvalue weighted by atomic mass is 9.65. The second kappa shape index (κ2) is 9.83. The minimum Gasteiger partial charge on any atom is -0.491 e. The highest BCUT2D eigenvalue weighted by molar-refractivity contribution is 5.58. The van der Waals surface area contributed by atoms with E-state index >= 15 is 8.78 Å². The Kier molecular flexibility index (Phi) is 6.81. The molecule has 4 aliphatic rings. The molecule has 1 aromatic carbocycles. The summed E-state index contributed by atoms with van der Waals surface area (Å²) in [6.45, 7) is 6.96. The van der Waals surface area contributed by atoms with Crippen molar-refractivity contribution < 1.29 is 22.6 Å². The van der Waals surface area contributed by atoms with Crippen LogP contribution in [-0.2, 0) is 4.74 Å². The molecule has 2 unspecified atom stereocenters. The predicted octanol–water partition coefficient (Wildman–Crippen LogP) is 8.11. The number of hydrogen-bond donors (Lipinski definition) is 0. The Hall–Kier alpha value is -2.17. The minimum absolute atomic E-state index is 0.0631. The third-order valence-electron chi connectivity index (χ3n) is 8.54. The summed E-state index contributed by atoms with van der Waals surface area (Å²) in [5.41, 5.74) is 0.719. The Labute approximate surface area is 200 Å². The highest BCUT2D eigenvalue weighted by Gasteiger charge is 2.46. The molecule has 1 aromatic rings. The van der Waals surface area contributed by atoms with Crippen LogP contribution in [0, 0.1) is 35.3 Å². The molecule has 2 saturated carbocycles. The first-order chi connectivity index (χ1) is 16.5. The number of halogens is 3. The van der Waals surface area contributed by atoms with Gasteiger partial charge in [0.1, 0.15) is 0 Å². The second-order valence-corrected chi connectivity index (χ2v) is 10.8. The zero-order valence-electron chi connectivity index (χ0n) is 20.0. The van der Waals surface area contributed by atoms with Gasteiger partial charge in [-0.3, -0.25) is 0 Å². The van der Waals surface area contributed by atoms with Crippen LogP contribution in [0.25, 0.3) is 0 Å². The van der Waals surface area contributed by atoms with Gasteiger partial charge in [0.25, 0.3) is 0 Å². The van der Waals surface area contributed by atoms with Crippen molar-refractivity contribution in [2.24, 2.45) is 23.7 Å². The standard InChI is InChI=1S/C29H35F3O2/c1-3-18-8-10-20(11-9-18)16-34-24-14-22-21-12-13-23(33-15-19-6-4-17(2)5-7-19)27(30)25(21)26(22)29(32)28(24)31/h3,12-14,17-21,25H,1,4-11,15-16H2,2H3. The highest BCUT2D eigenvalue weighted by atomic mass is 19.2. The number of rotatable bonds is 7. The predicted molar refractivity (Wildman–Crippen MR) is 127 cm³/mol. The van der Waals surface area contributed by atoms with Crippen molar-refractivity contribution in [3.8, 4) is 5.75 Å². The van der Waals surface area contributed by atoms with Crippen LogP contribution in [-0.4, -0.2) is 13.2 Å². The maximum Gasteiger partial charge on any atom is 0.200 e. The molecule has 2 nitrogen and oxygen atoms in total. The largest absolute Gasteiger partial charge is 0.491 e. The van der Waals surface area contributed by atoms with Crippen molar-refractivity contribution in [1.82, 2.24) is 0 Å². The van der Waals surface area contributed by atoms with Crippen LogP contribution >= 0.6 is 0 Å². The topological polar surface area (TPSA) is 18.5 Å². The molecule has 0 radical (unpaired) electrons. The van der Waals surface area contributed by atoms with Crippen LogP contribution in [0.5, 0.6) is 5.75 Å². The number of allylic oxidation sites excluding steroid dienone is 4. The lowest BCUT2D eigenvalue weighted by molar-refractivity contribution is 0.129. The second-order valence-electron chi connectivity index (χ2n) is 10.8. The maximum atomic E-state index is 15.3. The van der Waals surface area contributed by atoms with Gasteiger partial charge in [-0.2, -0.15) is 4.39 Å². The van der Waals surface area contributed by atoms with Crippen LogP contribution in [0.3, 0.4) is 0 Å². The quantitative estimate of drug-likeness (QED) is 0.373. The average Bonchev–Trinajstić information content (AvgIpc) is 2.84. The first kappa shape index (κ1) is 23.6. The van der Waals surface area contributed by atoms with Gasteiger partial charge in [0, 0.05) is 11.5 Å². The zero-order valence-corrected chi connectivity index (χ0v) is 20.0. The molecule has 34 heavy (non-hydrogen) atoms. The first-order valence-electron chi connectivity index (χ1n) is 12.9. The number of fused-ring (bicyclic) bond motifs is 4. The highest BCUT2D eigenvalue weighted by Crippen LogP contribution is 2.57. The smallest absolute Gasteiger partial charge is 0.200 e. The summed E-state index contributed by atoms with van der Waals surface area (Å²) >= 11 is 0. The Balaban J connectivity index is 1.25. The van der Waals surface area contributed by atoms with E-state index in [0.717, 1.165) is 44.4 Å². The Morgan fingerprint density at radius 3 is 2.24 bits per heavy atom. The number of hydrogen-bond acceptors (Lipinski definition) is 2. The molecule has 2 fully saturated rings. The van der Waals surface area contributed by atoms with Crippen LogP contribution in [0.4, 0.5) is 13.2 Å². The van der Waals surface area contributed by atoms with Gasteiger partial charge in [0.15, 0.2) is 23.2 Å². The molecule has 5 rings (SSSR count). The van der Waals surface area contributed by atoms with E-state index in [2.05, 4.69) is 13.5 Å². The molecule has 0 heterocycles. The Morgan fingerprint density at radius 2 is 1.56 bits per heavy atom. The van der Waals surface area contributed by atoms with E-state index in [4.69, 9.17) is 9.47 Å². The van der Waals surface area contributed by atoms with Crippen LogP contribution in [0.1, 0.15) is 81.3 Å². The molecule has 4 aliphatic carbocycles. The van der Waals surface area contributed by atoms with Crippen molar-refractivity contribution in [3.63, 3.8) is 0 Å². The Bertz CT molecular complexity index is 982. The molecule has 0 N–H and O–H groups in total. The minimum atomic E-state index is -1.02. The summed E-state index contributed by atoms with van der Waals surface area (Å²) in [7, 11) is 0. The lowest BCUT2D eigenvalue weighted by Gasteiger charge is -2.40. The molecule has 0 saturated heterocycles.